The van der Waals surface area contributed by atoms with Gasteiger partial charge in [-0.15, -0.1) is 0 Å². The summed E-state index contributed by atoms with van der Waals surface area (Å²) in [6, 6.07) is 5.82. The standard InChI is InChI=1S/C20H23NO4/c1-21(2)8-7-12-10-15(25-4)20(23)18-16(12)13(21)9-11-5-6-14(24-3)19(22)17(11)18/h5-6,10,13H,7-9H2,1-4H3,(H-,22,23)/t13-/m1/s1. The summed E-state index contributed by atoms with van der Waals surface area (Å²) in [7, 11) is 7.46. The highest BCUT2D eigenvalue weighted by Crippen LogP contribution is 2.55. The Kier molecular flexibility index (Phi) is 3.41. The first kappa shape index (κ1) is 16.1. The third-order valence-corrected chi connectivity index (χ3v) is 5.84. The van der Waals surface area contributed by atoms with Crippen molar-refractivity contribution in [3.8, 4) is 34.1 Å². The number of phenolic OH excluding ortho intramolecular Hbond substituents is 1. The minimum absolute atomic E-state index is 0.0434. The maximum Gasteiger partial charge on any atom is 0.165 e. The van der Waals surface area contributed by atoms with Crippen LogP contribution in [0.4, 0.5) is 0 Å². The number of phenols is 1. The molecule has 0 bridgehead atoms. The van der Waals surface area contributed by atoms with Crippen molar-refractivity contribution in [3.05, 3.63) is 34.9 Å². The second-order valence-electron chi connectivity index (χ2n) is 7.48. The first-order chi connectivity index (χ1) is 11.9. The van der Waals surface area contributed by atoms with Gasteiger partial charge in [-0.25, -0.2) is 0 Å². The summed E-state index contributed by atoms with van der Waals surface area (Å²) in [5.41, 5.74) is 4.40. The van der Waals surface area contributed by atoms with Crippen LogP contribution in [0.3, 0.4) is 0 Å². The molecule has 0 aromatic heterocycles. The molecular weight excluding hydrogens is 318 g/mol. The zero-order valence-corrected chi connectivity index (χ0v) is 15.0. The maximum absolute atomic E-state index is 13.1. The van der Waals surface area contributed by atoms with Crippen LogP contribution in [0, 0.1) is 0 Å². The van der Waals surface area contributed by atoms with Crippen molar-refractivity contribution >= 4 is 0 Å². The number of hydrogen-bond acceptors (Lipinski definition) is 4. The van der Waals surface area contributed by atoms with Gasteiger partial charge in [0, 0.05) is 24.0 Å². The van der Waals surface area contributed by atoms with Crippen LogP contribution in [0.25, 0.3) is 11.1 Å². The van der Waals surface area contributed by atoms with Gasteiger partial charge >= 0.3 is 0 Å². The fourth-order valence-electron chi connectivity index (χ4n) is 4.39. The Bertz CT molecular complexity index is 873. The van der Waals surface area contributed by atoms with E-state index in [0.717, 1.165) is 40.6 Å². The number of likely N-dealkylation sites (N-methyl/N-ethyl adjacent to an activating group) is 1. The molecule has 0 spiro atoms. The highest BCUT2D eigenvalue weighted by Gasteiger charge is 2.42. The molecule has 2 aromatic rings. The van der Waals surface area contributed by atoms with Crippen LogP contribution < -0.4 is 14.6 Å². The molecule has 2 aromatic carbocycles. The van der Waals surface area contributed by atoms with Crippen molar-refractivity contribution in [2.45, 2.75) is 18.9 Å². The summed E-state index contributed by atoms with van der Waals surface area (Å²) >= 11 is 0. The highest BCUT2D eigenvalue weighted by molar-refractivity contribution is 5.87. The van der Waals surface area contributed by atoms with Gasteiger partial charge in [0.1, 0.15) is 11.8 Å². The third kappa shape index (κ3) is 2.12. The molecule has 0 amide bonds. The Morgan fingerprint density at radius 1 is 1.08 bits per heavy atom. The molecule has 1 atom stereocenters. The van der Waals surface area contributed by atoms with Crippen LogP contribution in [0.5, 0.6) is 23.0 Å². The normalized spacial score (nSPS) is 19.8. The second-order valence-corrected chi connectivity index (χ2v) is 7.48. The Balaban J connectivity index is 2.11. The number of rotatable bonds is 2. The van der Waals surface area contributed by atoms with Crippen LogP contribution in [0.2, 0.25) is 0 Å². The molecule has 1 N–H and O–H groups in total. The molecule has 1 aliphatic carbocycles. The first-order valence-electron chi connectivity index (χ1n) is 8.51. The van der Waals surface area contributed by atoms with Crippen LogP contribution in [-0.2, 0) is 12.8 Å². The van der Waals surface area contributed by atoms with E-state index < -0.39 is 0 Å². The summed E-state index contributed by atoms with van der Waals surface area (Å²) in [6.45, 7) is 1.01. The van der Waals surface area contributed by atoms with Gasteiger partial charge in [0.15, 0.2) is 11.5 Å². The van der Waals surface area contributed by atoms with Crippen molar-refractivity contribution < 1.29 is 24.2 Å². The largest absolute Gasteiger partial charge is 0.870 e. The lowest BCUT2D eigenvalue weighted by molar-refractivity contribution is -0.923. The van der Waals surface area contributed by atoms with Gasteiger partial charge in [-0.05, 0) is 28.8 Å². The van der Waals surface area contributed by atoms with Crippen molar-refractivity contribution in [3.63, 3.8) is 0 Å². The van der Waals surface area contributed by atoms with Gasteiger partial charge in [-0.2, -0.15) is 0 Å². The van der Waals surface area contributed by atoms with E-state index in [2.05, 4.69) is 14.1 Å². The number of nitrogens with zero attached hydrogens (tertiary/aromatic N) is 1. The van der Waals surface area contributed by atoms with E-state index in [1.54, 1.807) is 6.07 Å². The Hall–Kier alpha value is -2.40. The number of quaternary nitrogens is 1. The van der Waals surface area contributed by atoms with Crippen LogP contribution in [-0.4, -0.2) is 44.4 Å². The van der Waals surface area contributed by atoms with Gasteiger partial charge < -0.3 is 24.2 Å². The second kappa shape index (κ2) is 5.30. The third-order valence-electron chi connectivity index (χ3n) is 5.84. The summed E-state index contributed by atoms with van der Waals surface area (Å²) in [4.78, 5) is 0. The number of ether oxygens (including phenoxy) is 2. The summed E-state index contributed by atoms with van der Waals surface area (Å²) < 4.78 is 11.5. The summed E-state index contributed by atoms with van der Waals surface area (Å²) in [6.07, 6.45) is 1.69. The SMILES string of the molecule is COc1cc2c3c(c1[O-])-c1c(ccc(OC)c1O)C[C@H]3[N+](C)(C)CC2. The predicted molar refractivity (Wildman–Crippen MR) is 93.2 cm³/mol. The Morgan fingerprint density at radius 3 is 2.48 bits per heavy atom. The number of aromatic hydroxyl groups is 1. The maximum atomic E-state index is 13.1. The van der Waals surface area contributed by atoms with Gasteiger partial charge in [0.2, 0.25) is 0 Å². The Morgan fingerprint density at radius 2 is 1.80 bits per heavy atom. The number of methoxy groups -OCH3 is 2. The van der Waals surface area contributed by atoms with Crippen LogP contribution >= 0.6 is 0 Å². The smallest absolute Gasteiger partial charge is 0.165 e. The molecular formula is C20H23NO4. The van der Waals surface area contributed by atoms with Gasteiger partial charge in [0.25, 0.3) is 0 Å². The molecule has 25 heavy (non-hydrogen) atoms. The zero-order chi connectivity index (χ0) is 17.9. The first-order valence-corrected chi connectivity index (χ1v) is 8.51. The van der Waals surface area contributed by atoms with E-state index in [1.165, 1.54) is 14.2 Å². The van der Waals surface area contributed by atoms with Crippen molar-refractivity contribution in [2.24, 2.45) is 0 Å². The summed E-state index contributed by atoms with van der Waals surface area (Å²) in [5.74, 6) is 0.618. The monoisotopic (exact) mass is 341 g/mol. The minimum atomic E-state index is -0.155. The molecule has 0 fully saturated rings. The average molecular weight is 341 g/mol. The predicted octanol–water partition coefficient (Wildman–Crippen LogP) is 2.38. The molecule has 5 heteroatoms. The molecule has 132 valence electrons. The topological polar surface area (TPSA) is 61.8 Å². The van der Waals surface area contributed by atoms with E-state index in [1.807, 2.05) is 12.1 Å². The van der Waals surface area contributed by atoms with Crippen molar-refractivity contribution in [1.29, 1.82) is 0 Å². The molecule has 5 nitrogen and oxygen atoms in total. The van der Waals surface area contributed by atoms with Gasteiger partial charge in [0.05, 0.1) is 34.9 Å². The van der Waals surface area contributed by atoms with E-state index in [0.29, 0.717) is 22.6 Å². The molecule has 1 aliphatic heterocycles. The average Bonchev–Trinajstić information content (AvgIpc) is 2.59. The summed E-state index contributed by atoms with van der Waals surface area (Å²) in [5, 5.41) is 23.9. The Labute approximate surface area is 147 Å². The quantitative estimate of drug-likeness (QED) is 0.852. The van der Waals surface area contributed by atoms with E-state index >= 15 is 0 Å². The van der Waals surface area contributed by atoms with Crippen molar-refractivity contribution in [2.75, 3.05) is 34.9 Å². The van der Waals surface area contributed by atoms with Crippen molar-refractivity contribution in [1.82, 2.24) is 0 Å². The molecule has 4 rings (SSSR count). The zero-order valence-electron chi connectivity index (χ0n) is 15.0. The molecule has 0 unspecified atom stereocenters. The lowest BCUT2D eigenvalue weighted by Crippen LogP contribution is -2.49. The molecule has 0 saturated carbocycles. The van der Waals surface area contributed by atoms with Gasteiger partial charge in [-0.1, -0.05) is 11.8 Å². The van der Waals surface area contributed by atoms with Crippen LogP contribution in [0.1, 0.15) is 22.7 Å². The van der Waals surface area contributed by atoms with E-state index in [4.69, 9.17) is 9.47 Å². The number of fused-ring (bicyclic) bond motifs is 2. The molecule has 1 heterocycles. The minimum Gasteiger partial charge on any atom is -0.870 e. The molecule has 0 radical (unpaired) electrons. The molecule has 2 aliphatic rings. The lowest BCUT2D eigenvalue weighted by atomic mass is 9.75. The highest BCUT2D eigenvalue weighted by atomic mass is 16.5. The molecule has 0 saturated heterocycles. The van der Waals surface area contributed by atoms with E-state index in [-0.39, 0.29) is 17.5 Å². The van der Waals surface area contributed by atoms with Crippen LogP contribution in [0.15, 0.2) is 18.2 Å². The van der Waals surface area contributed by atoms with Gasteiger partial charge in [-0.3, -0.25) is 0 Å². The fourth-order valence-corrected chi connectivity index (χ4v) is 4.39. The number of hydrogen-bond donors (Lipinski definition) is 1. The fraction of sp³-hybridized carbons (Fsp3) is 0.400. The lowest BCUT2D eigenvalue weighted by Gasteiger charge is -2.47. The number of benzene rings is 2. The van der Waals surface area contributed by atoms with E-state index in [9.17, 15) is 10.2 Å².